The number of hydrogen-bond donors (Lipinski definition) is 0. The molecule has 0 radical (unpaired) electrons. The molecule has 1 aromatic rings. The molecule has 5 heteroatoms. The maximum Gasteiger partial charge on any atom is 0.264 e. The van der Waals surface area contributed by atoms with Crippen LogP contribution in [0.3, 0.4) is 0 Å². The van der Waals surface area contributed by atoms with E-state index in [4.69, 9.17) is 0 Å². The minimum absolute atomic E-state index is 0.267. The van der Waals surface area contributed by atoms with E-state index in [0.29, 0.717) is 0 Å². The van der Waals surface area contributed by atoms with Gasteiger partial charge < -0.3 is 0 Å². The Labute approximate surface area is 105 Å². The van der Waals surface area contributed by atoms with E-state index in [1.165, 1.54) is 5.56 Å². The molecule has 0 aliphatic rings. The Morgan fingerprint density at radius 2 is 1.94 bits per heavy atom. The van der Waals surface area contributed by atoms with Gasteiger partial charge in [-0.25, -0.2) is 0 Å². The average Bonchev–Trinajstić information content (AvgIpc) is 2.18. The van der Waals surface area contributed by atoms with Gasteiger partial charge in [0, 0.05) is 4.47 Å². The first kappa shape index (κ1) is 13.7. The zero-order chi connectivity index (χ0) is 12.0. The van der Waals surface area contributed by atoms with E-state index in [1.807, 2.05) is 18.2 Å². The largest absolute Gasteiger partial charge is 0.270 e. The summed E-state index contributed by atoms with van der Waals surface area (Å²) in [5.41, 5.74) is 1.24. The number of aryl methyl sites for hydroxylation is 1. The van der Waals surface area contributed by atoms with E-state index in [0.717, 1.165) is 30.0 Å². The molecule has 0 aromatic heterocycles. The fourth-order valence-electron chi connectivity index (χ4n) is 1.33. The van der Waals surface area contributed by atoms with Crippen LogP contribution in [0.1, 0.15) is 18.4 Å². The van der Waals surface area contributed by atoms with E-state index in [1.54, 1.807) is 0 Å². The smallest absolute Gasteiger partial charge is 0.264 e. The minimum Gasteiger partial charge on any atom is -0.270 e. The molecular formula is C11H15BrO3S. The minimum atomic E-state index is -3.29. The zero-order valence-electron chi connectivity index (χ0n) is 9.15. The standard InChI is InChI=1S/C11H15BrO3S/c1-16(13,14)15-9-5-4-7-10-6-2-3-8-11(10)12/h2-3,6,8H,4-5,7,9H2,1H3. The van der Waals surface area contributed by atoms with E-state index in [2.05, 4.69) is 26.2 Å². The molecule has 1 aromatic carbocycles. The number of benzene rings is 1. The van der Waals surface area contributed by atoms with E-state index < -0.39 is 10.1 Å². The maximum absolute atomic E-state index is 10.7. The number of halogens is 1. The zero-order valence-corrected chi connectivity index (χ0v) is 11.6. The van der Waals surface area contributed by atoms with Crippen molar-refractivity contribution in [3.8, 4) is 0 Å². The fraction of sp³-hybridized carbons (Fsp3) is 0.455. The van der Waals surface area contributed by atoms with Crippen LogP contribution in [0.25, 0.3) is 0 Å². The first-order valence-corrected chi connectivity index (χ1v) is 7.68. The van der Waals surface area contributed by atoms with E-state index >= 15 is 0 Å². The molecule has 1 rings (SSSR count). The van der Waals surface area contributed by atoms with Gasteiger partial charge in [0.15, 0.2) is 0 Å². The van der Waals surface area contributed by atoms with Crippen molar-refractivity contribution >= 4 is 26.0 Å². The van der Waals surface area contributed by atoms with Gasteiger partial charge in [-0.05, 0) is 30.9 Å². The fourth-order valence-corrected chi connectivity index (χ4v) is 2.23. The Bertz CT molecular complexity index is 429. The number of rotatable bonds is 6. The van der Waals surface area contributed by atoms with Crippen molar-refractivity contribution in [2.24, 2.45) is 0 Å². The predicted molar refractivity (Wildman–Crippen MR) is 67.9 cm³/mol. The second-order valence-corrected chi connectivity index (χ2v) is 6.07. The van der Waals surface area contributed by atoms with Gasteiger partial charge in [-0.3, -0.25) is 4.18 Å². The molecule has 90 valence electrons. The Morgan fingerprint density at radius 3 is 2.56 bits per heavy atom. The van der Waals surface area contributed by atoms with Crippen LogP contribution in [0, 0.1) is 0 Å². The van der Waals surface area contributed by atoms with Crippen molar-refractivity contribution in [3.05, 3.63) is 34.3 Å². The number of unbranched alkanes of at least 4 members (excludes halogenated alkanes) is 1. The van der Waals surface area contributed by atoms with Crippen molar-refractivity contribution in [3.63, 3.8) is 0 Å². The Morgan fingerprint density at radius 1 is 1.25 bits per heavy atom. The third-order valence-electron chi connectivity index (χ3n) is 2.10. The van der Waals surface area contributed by atoms with Crippen molar-refractivity contribution in [1.82, 2.24) is 0 Å². The summed E-state index contributed by atoms with van der Waals surface area (Å²) >= 11 is 3.47. The highest BCUT2D eigenvalue weighted by Crippen LogP contribution is 2.17. The van der Waals surface area contributed by atoms with Gasteiger partial charge in [0.05, 0.1) is 12.9 Å². The van der Waals surface area contributed by atoms with Crippen LogP contribution in [0.5, 0.6) is 0 Å². The normalized spacial score (nSPS) is 11.6. The maximum atomic E-state index is 10.7. The summed E-state index contributed by atoms with van der Waals surface area (Å²) in [6, 6.07) is 8.03. The van der Waals surface area contributed by atoms with Crippen molar-refractivity contribution < 1.29 is 12.6 Å². The summed E-state index contributed by atoms with van der Waals surface area (Å²) in [6.45, 7) is 0.267. The van der Waals surface area contributed by atoms with Crippen LogP contribution in [0.4, 0.5) is 0 Å². The molecule has 0 atom stereocenters. The first-order valence-electron chi connectivity index (χ1n) is 5.07. The summed E-state index contributed by atoms with van der Waals surface area (Å²) in [5.74, 6) is 0. The molecule has 16 heavy (non-hydrogen) atoms. The van der Waals surface area contributed by atoms with Crippen molar-refractivity contribution in [1.29, 1.82) is 0 Å². The second kappa shape index (κ2) is 6.37. The van der Waals surface area contributed by atoms with Crippen LogP contribution in [-0.4, -0.2) is 21.3 Å². The lowest BCUT2D eigenvalue weighted by atomic mass is 10.1. The van der Waals surface area contributed by atoms with Crippen LogP contribution in [-0.2, 0) is 20.7 Å². The molecule has 0 unspecified atom stereocenters. The van der Waals surface area contributed by atoms with E-state index in [-0.39, 0.29) is 6.61 Å². The summed E-state index contributed by atoms with van der Waals surface area (Å²) < 4.78 is 27.1. The molecule has 0 aliphatic carbocycles. The summed E-state index contributed by atoms with van der Waals surface area (Å²) in [4.78, 5) is 0. The molecule has 0 amide bonds. The van der Waals surface area contributed by atoms with E-state index in [9.17, 15) is 8.42 Å². The van der Waals surface area contributed by atoms with Crippen LogP contribution >= 0.6 is 15.9 Å². The van der Waals surface area contributed by atoms with Crippen molar-refractivity contribution in [2.45, 2.75) is 19.3 Å². The topological polar surface area (TPSA) is 43.4 Å². The third kappa shape index (κ3) is 5.63. The summed E-state index contributed by atoms with van der Waals surface area (Å²) in [6.07, 6.45) is 3.65. The van der Waals surface area contributed by atoms with Crippen LogP contribution in [0.2, 0.25) is 0 Å². The van der Waals surface area contributed by atoms with Crippen LogP contribution < -0.4 is 0 Å². The Hall–Kier alpha value is -0.390. The monoisotopic (exact) mass is 306 g/mol. The highest BCUT2D eigenvalue weighted by atomic mass is 79.9. The van der Waals surface area contributed by atoms with Gasteiger partial charge in [-0.1, -0.05) is 34.1 Å². The number of hydrogen-bond acceptors (Lipinski definition) is 3. The SMILES string of the molecule is CS(=O)(=O)OCCCCc1ccccc1Br. The molecule has 0 saturated carbocycles. The van der Waals surface area contributed by atoms with Gasteiger partial charge in [0.1, 0.15) is 0 Å². The Balaban J connectivity index is 2.24. The van der Waals surface area contributed by atoms with Gasteiger partial charge in [0.2, 0.25) is 0 Å². The molecule has 3 nitrogen and oxygen atoms in total. The molecule has 0 saturated heterocycles. The molecule has 0 fully saturated rings. The Kier molecular flexibility index (Phi) is 5.44. The lowest BCUT2D eigenvalue weighted by Crippen LogP contribution is -2.04. The van der Waals surface area contributed by atoms with Gasteiger partial charge in [-0.2, -0.15) is 8.42 Å². The molecule has 0 heterocycles. The van der Waals surface area contributed by atoms with Gasteiger partial charge >= 0.3 is 0 Å². The first-order chi connectivity index (χ1) is 7.49. The molecule has 0 N–H and O–H groups in total. The second-order valence-electron chi connectivity index (χ2n) is 3.57. The molecular weight excluding hydrogens is 292 g/mol. The predicted octanol–water partition coefficient (Wildman–Crippen LogP) is 2.75. The van der Waals surface area contributed by atoms with Crippen LogP contribution in [0.15, 0.2) is 28.7 Å². The third-order valence-corrected chi connectivity index (χ3v) is 3.46. The lowest BCUT2D eigenvalue weighted by Gasteiger charge is -2.04. The lowest BCUT2D eigenvalue weighted by molar-refractivity contribution is 0.312. The van der Waals surface area contributed by atoms with Gasteiger partial charge in [-0.15, -0.1) is 0 Å². The molecule has 0 spiro atoms. The molecule has 0 bridgehead atoms. The summed E-state index contributed by atoms with van der Waals surface area (Å²) in [5, 5.41) is 0. The highest BCUT2D eigenvalue weighted by molar-refractivity contribution is 9.10. The van der Waals surface area contributed by atoms with Gasteiger partial charge in [0.25, 0.3) is 10.1 Å². The average molecular weight is 307 g/mol. The summed E-state index contributed by atoms with van der Waals surface area (Å²) in [7, 11) is -3.29. The quantitative estimate of drug-likeness (QED) is 0.599. The molecule has 0 aliphatic heterocycles. The highest BCUT2D eigenvalue weighted by Gasteiger charge is 2.02. The van der Waals surface area contributed by atoms with Crippen molar-refractivity contribution in [2.75, 3.05) is 12.9 Å².